The minimum absolute atomic E-state index is 0.202. The highest BCUT2D eigenvalue weighted by Gasteiger charge is 2.29. The molecule has 0 radical (unpaired) electrons. The van der Waals surface area contributed by atoms with Gasteiger partial charge in [0.25, 0.3) is 0 Å². The van der Waals surface area contributed by atoms with E-state index >= 15 is 0 Å². The number of sulfonamides is 1. The molecular formula is C24H33N3O4S. The molecule has 0 spiro atoms. The second kappa shape index (κ2) is 11.7. The van der Waals surface area contributed by atoms with Gasteiger partial charge in [0.05, 0.1) is 11.9 Å². The summed E-state index contributed by atoms with van der Waals surface area (Å²) in [4.78, 5) is 27.5. The molecule has 2 aromatic carbocycles. The molecule has 2 amide bonds. The predicted molar refractivity (Wildman–Crippen MR) is 128 cm³/mol. The van der Waals surface area contributed by atoms with Gasteiger partial charge >= 0.3 is 0 Å². The maximum absolute atomic E-state index is 13.4. The Hall–Kier alpha value is -2.87. The number of carbonyl (C=O) groups excluding carboxylic acids is 2. The van der Waals surface area contributed by atoms with E-state index in [9.17, 15) is 18.0 Å². The van der Waals surface area contributed by atoms with Gasteiger partial charge in [-0.3, -0.25) is 13.9 Å². The topological polar surface area (TPSA) is 86.8 Å². The molecule has 1 unspecified atom stereocenters. The minimum atomic E-state index is -3.71. The zero-order chi connectivity index (χ0) is 23.7. The van der Waals surface area contributed by atoms with Crippen molar-refractivity contribution in [1.82, 2.24) is 10.2 Å². The van der Waals surface area contributed by atoms with Gasteiger partial charge < -0.3 is 10.2 Å². The fourth-order valence-corrected chi connectivity index (χ4v) is 4.07. The summed E-state index contributed by atoms with van der Waals surface area (Å²) in [6, 6.07) is 15.5. The van der Waals surface area contributed by atoms with Gasteiger partial charge in [0, 0.05) is 13.1 Å². The van der Waals surface area contributed by atoms with E-state index in [1.165, 1.54) is 4.90 Å². The van der Waals surface area contributed by atoms with Crippen LogP contribution in [0.3, 0.4) is 0 Å². The standard InChI is InChI=1S/C24H33N3O4S/c1-5-6-16-25-24(29)20(3)26(17-21-10-8-7-9-11-21)23(28)18-27(32(4,30)31)22-14-12-19(2)13-15-22/h7-15,20H,5-6,16-18H2,1-4H3,(H,25,29). The van der Waals surface area contributed by atoms with Crippen LogP contribution in [0.15, 0.2) is 54.6 Å². The number of nitrogens with one attached hydrogen (secondary N) is 1. The molecule has 0 aromatic heterocycles. The normalized spacial score (nSPS) is 12.1. The molecule has 0 saturated heterocycles. The smallest absolute Gasteiger partial charge is 0.244 e. The SMILES string of the molecule is CCCCNC(=O)C(C)N(Cc1ccccc1)C(=O)CN(c1ccc(C)cc1)S(C)(=O)=O. The van der Waals surface area contributed by atoms with E-state index in [1.807, 2.05) is 44.2 Å². The molecule has 0 bridgehead atoms. The van der Waals surface area contributed by atoms with E-state index in [0.29, 0.717) is 12.2 Å². The molecule has 0 heterocycles. The molecule has 2 rings (SSSR count). The Morgan fingerprint density at radius 3 is 2.22 bits per heavy atom. The molecule has 1 N–H and O–H groups in total. The number of hydrogen-bond acceptors (Lipinski definition) is 4. The first-order valence-corrected chi connectivity index (χ1v) is 12.6. The van der Waals surface area contributed by atoms with Crippen molar-refractivity contribution in [3.63, 3.8) is 0 Å². The van der Waals surface area contributed by atoms with Crippen LogP contribution in [0, 0.1) is 6.92 Å². The lowest BCUT2D eigenvalue weighted by atomic mass is 10.1. The van der Waals surface area contributed by atoms with Crippen LogP contribution >= 0.6 is 0 Å². The van der Waals surface area contributed by atoms with Crippen molar-refractivity contribution < 1.29 is 18.0 Å². The van der Waals surface area contributed by atoms with Crippen LogP contribution in [-0.2, 0) is 26.2 Å². The molecule has 2 aromatic rings. The Kier molecular flexibility index (Phi) is 9.26. The van der Waals surface area contributed by atoms with Crippen LogP contribution in [0.4, 0.5) is 5.69 Å². The lowest BCUT2D eigenvalue weighted by molar-refractivity contribution is -0.139. The first-order valence-electron chi connectivity index (χ1n) is 10.8. The number of nitrogens with zero attached hydrogens (tertiary/aromatic N) is 2. The third-order valence-corrected chi connectivity index (χ3v) is 6.33. The third-order valence-electron chi connectivity index (χ3n) is 5.19. The second-order valence-corrected chi connectivity index (χ2v) is 9.84. The summed E-state index contributed by atoms with van der Waals surface area (Å²) in [6.45, 7) is 5.95. The number of unbranched alkanes of at least 4 members (excludes halogenated alkanes) is 1. The van der Waals surface area contributed by atoms with Crippen molar-refractivity contribution in [2.24, 2.45) is 0 Å². The minimum Gasteiger partial charge on any atom is -0.354 e. The molecule has 7 nitrogen and oxygen atoms in total. The van der Waals surface area contributed by atoms with Gasteiger partial charge in [-0.2, -0.15) is 0 Å². The molecule has 1 atom stereocenters. The van der Waals surface area contributed by atoms with E-state index in [2.05, 4.69) is 5.32 Å². The van der Waals surface area contributed by atoms with Crippen LogP contribution in [0.5, 0.6) is 0 Å². The summed E-state index contributed by atoms with van der Waals surface area (Å²) in [6.07, 6.45) is 2.87. The highest BCUT2D eigenvalue weighted by atomic mass is 32.2. The van der Waals surface area contributed by atoms with E-state index in [-0.39, 0.29) is 19.0 Å². The van der Waals surface area contributed by atoms with Crippen LogP contribution in [0.1, 0.15) is 37.8 Å². The molecular weight excluding hydrogens is 426 g/mol. The first kappa shape index (κ1) is 25.4. The average molecular weight is 460 g/mol. The summed E-state index contributed by atoms with van der Waals surface area (Å²) in [7, 11) is -3.71. The van der Waals surface area contributed by atoms with Crippen molar-refractivity contribution in [2.75, 3.05) is 23.7 Å². The highest BCUT2D eigenvalue weighted by molar-refractivity contribution is 7.92. The Balaban J connectivity index is 2.30. The number of rotatable bonds is 11. The second-order valence-electron chi connectivity index (χ2n) is 7.93. The third kappa shape index (κ3) is 7.37. The van der Waals surface area contributed by atoms with Gasteiger partial charge in [-0.1, -0.05) is 61.4 Å². The number of benzene rings is 2. The summed E-state index contributed by atoms with van der Waals surface area (Å²) >= 11 is 0. The van der Waals surface area contributed by atoms with E-state index in [4.69, 9.17) is 0 Å². The Morgan fingerprint density at radius 2 is 1.66 bits per heavy atom. The summed E-state index contributed by atoms with van der Waals surface area (Å²) < 4.78 is 26.1. The first-order chi connectivity index (χ1) is 15.1. The van der Waals surface area contributed by atoms with Crippen LogP contribution in [0.2, 0.25) is 0 Å². The average Bonchev–Trinajstić information content (AvgIpc) is 2.76. The van der Waals surface area contributed by atoms with Crippen molar-refractivity contribution in [3.8, 4) is 0 Å². The van der Waals surface area contributed by atoms with E-state index < -0.39 is 22.0 Å². The fourth-order valence-electron chi connectivity index (χ4n) is 3.22. The van der Waals surface area contributed by atoms with Crippen molar-refractivity contribution >= 4 is 27.5 Å². The van der Waals surface area contributed by atoms with Crippen LogP contribution < -0.4 is 9.62 Å². The maximum Gasteiger partial charge on any atom is 0.244 e. The number of aryl methyl sites for hydroxylation is 1. The lowest BCUT2D eigenvalue weighted by Gasteiger charge is -2.31. The van der Waals surface area contributed by atoms with Crippen LogP contribution in [-0.4, -0.2) is 50.5 Å². The van der Waals surface area contributed by atoms with Gasteiger partial charge in [-0.05, 0) is 38.0 Å². The van der Waals surface area contributed by atoms with Gasteiger partial charge in [0.2, 0.25) is 21.8 Å². The Bertz CT molecular complexity index is 992. The molecule has 0 aliphatic heterocycles. The Morgan fingerprint density at radius 1 is 1.03 bits per heavy atom. The maximum atomic E-state index is 13.4. The summed E-state index contributed by atoms with van der Waals surface area (Å²) in [5.74, 6) is -0.707. The molecule has 0 saturated carbocycles. The predicted octanol–water partition coefficient (Wildman–Crippen LogP) is 3.09. The number of amides is 2. The fraction of sp³-hybridized carbons (Fsp3) is 0.417. The molecule has 8 heteroatoms. The monoisotopic (exact) mass is 459 g/mol. The van der Waals surface area contributed by atoms with Gasteiger partial charge in [-0.25, -0.2) is 8.42 Å². The molecule has 32 heavy (non-hydrogen) atoms. The van der Waals surface area contributed by atoms with Crippen molar-refractivity contribution in [2.45, 2.75) is 46.2 Å². The highest BCUT2D eigenvalue weighted by Crippen LogP contribution is 2.19. The number of carbonyl (C=O) groups is 2. The Labute approximate surface area is 191 Å². The lowest BCUT2D eigenvalue weighted by Crippen LogP contribution is -2.51. The molecule has 0 aliphatic carbocycles. The summed E-state index contributed by atoms with van der Waals surface area (Å²) in [5, 5.41) is 2.86. The van der Waals surface area contributed by atoms with Crippen molar-refractivity contribution in [1.29, 1.82) is 0 Å². The van der Waals surface area contributed by atoms with Gasteiger partial charge in [0.1, 0.15) is 12.6 Å². The van der Waals surface area contributed by atoms with Crippen molar-refractivity contribution in [3.05, 3.63) is 65.7 Å². The molecule has 0 aliphatic rings. The zero-order valence-corrected chi connectivity index (χ0v) is 20.1. The van der Waals surface area contributed by atoms with Gasteiger partial charge in [0.15, 0.2) is 0 Å². The zero-order valence-electron chi connectivity index (χ0n) is 19.2. The quantitative estimate of drug-likeness (QED) is 0.523. The number of anilines is 1. The van der Waals surface area contributed by atoms with E-state index in [0.717, 1.165) is 34.5 Å². The number of hydrogen-bond donors (Lipinski definition) is 1. The van der Waals surface area contributed by atoms with Crippen LogP contribution in [0.25, 0.3) is 0 Å². The molecule has 174 valence electrons. The molecule has 0 fully saturated rings. The van der Waals surface area contributed by atoms with E-state index in [1.54, 1.807) is 31.2 Å². The summed E-state index contributed by atoms with van der Waals surface area (Å²) in [5.41, 5.74) is 2.25. The van der Waals surface area contributed by atoms with Gasteiger partial charge in [-0.15, -0.1) is 0 Å². The largest absolute Gasteiger partial charge is 0.354 e.